The third kappa shape index (κ3) is 7.56. The monoisotopic (exact) mass is 413 g/mol. The molecule has 4 N–H and O–H groups in total. The van der Waals surface area contributed by atoms with Gasteiger partial charge in [-0.1, -0.05) is 48.5 Å². The number of benzene rings is 2. The van der Waals surface area contributed by atoms with Crippen LogP contribution in [0.2, 0.25) is 0 Å². The van der Waals surface area contributed by atoms with Crippen molar-refractivity contribution < 1.29 is 23.9 Å². The highest BCUT2D eigenvalue weighted by molar-refractivity contribution is 6.00. The molecule has 2 rings (SSSR count). The normalized spacial score (nSPS) is 12.9. The Labute approximate surface area is 175 Å². The highest BCUT2D eigenvalue weighted by Gasteiger charge is 2.35. The van der Waals surface area contributed by atoms with E-state index in [2.05, 4.69) is 10.6 Å². The molecular weight excluding hydrogens is 386 g/mol. The molecule has 0 aliphatic carbocycles. The van der Waals surface area contributed by atoms with Crippen LogP contribution in [-0.4, -0.2) is 35.7 Å². The Bertz CT molecular complexity index is 850. The first kappa shape index (κ1) is 22.9. The first-order chi connectivity index (χ1) is 14.2. The molecule has 30 heavy (non-hydrogen) atoms. The predicted octanol–water partition coefficient (Wildman–Crippen LogP) is 2.59. The van der Waals surface area contributed by atoms with Crippen LogP contribution in [0, 0.1) is 0 Å². The number of ether oxygens (including phenoxy) is 2. The molecule has 2 aromatic rings. The topological polar surface area (TPSA) is 120 Å². The van der Waals surface area contributed by atoms with Crippen LogP contribution in [0.25, 0.3) is 0 Å². The van der Waals surface area contributed by atoms with Crippen molar-refractivity contribution in [1.29, 1.82) is 0 Å². The molecule has 160 valence electrons. The summed E-state index contributed by atoms with van der Waals surface area (Å²) in [4.78, 5) is 37.4. The van der Waals surface area contributed by atoms with Crippen molar-refractivity contribution in [3.8, 4) is 0 Å². The molecule has 2 aromatic carbocycles. The van der Waals surface area contributed by atoms with E-state index in [1.807, 2.05) is 18.2 Å². The lowest BCUT2D eigenvalue weighted by Crippen LogP contribution is -2.58. The average Bonchev–Trinajstić information content (AvgIpc) is 2.70. The summed E-state index contributed by atoms with van der Waals surface area (Å²) in [6, 6.07) is 14.8. The molecule has 0 saturated carbocycles. The van der Waals surface area contributed by atoms with Crippen molar-refractivity contribution in [3.05, 3.63) is 66.2 Å². The number of rotatable bonds is 7. The molecule has 0 aliphatic rings. The van der Waals surface area contributed by atoms with Gasteiger partial charge in [0.05, 0.1) is 0 Å². The fourth-order valence-corrected chi connectivity index (χ4v) is 2.46. The molecule has 0 radical (unpaired) electrons. The number of alkyl carbamates (subject to hydrolysis) is 1. The van der Waals surface area contributed by atoms with Gasteiger partial charge in [0.25, 0.3) is 0 Å². The van der Waals surface area contributed by atoms with Gasteiger partial charge < -0.3 is 25.8 Å². The molecule has 0 aromatic heterocycles. The molecule has 0 bridgehead atoms. The summed E-state index contributed by atoms with van der Waals surface area (Å²) in [5, 5.41) is 5.00. The summed E-state index contributed by atoms with van der Waals surface area (Å²) in [6.07, 6.45) is -0.883. The second kappa shape index (κ2) is 10.4. The molecule has 0 spiro atoms. The second-order valence-electron chi connectivity index (χ2n) is 7.60. The average molecular weight is 413 g/mol. The van der Waals surface area contributed by atoms with E-state index in [9.17, 15) is 14.4 Å². The quantitative estimate of drug-likeness (QED) is 0.600. The van der Waals surface area contributed by atoms with Gasteiger partial charge in [-0.25, -0.2) is 4.79 Å². The number of nitrogens with one attached hydrogen (secondary N) is 2. The van der Waals surface area contributed by atoms with Gasteiger partial charge >= 0.3 is 12.1 Å². The Kier molecular flexibility index (Phi) is 7.94. The van der Waals surface area contributed by atoms with Crippen molar-refractivity contribution in [2.45, 2.75) is 45.1 Å². The zero-order chi connectivity index (χ0) is 22.1. The van der Waals surface area contributed by atoms with Crippen LogP contribution in [0.5, 0.6) is 0 Å². The van der Waals surface area contributed by atoms with E-state index in [1.54, 1.807) is 63.2 Å². The SMILES string of the molecule is CC(C)(C)OC(=O)C(N)[C@H](NC(=O)OCc1ccccc1)C(=O)Nc1ccccc1. The Morgan fingerprint density at radius 3 is 2.10 bits per heavy atom. The van der Waals surface area contributed by atoms with E-state index in [4.69, 9.17) is 15.2 Å². The number of hydrogen-bond donors (Lipinski definition) is 3. The smallest absolute Gasteiger partial charge is 0.408 e. The zero-order valence-electron chi connectivity index (χ0n) is 17.3. The maximum atomic E-state index is 12.8. The minimum atomic E-state index is -1.43. The maximum Gasteiger partial charge on any atom is 0.408 e. The van der Waals surface area contributed by atoms with Crippen LogP contribution < -0.4 is 16.4 Å². The van der Waals surface area contributed by atoms with E-state index >= 15 is 0 Å². The van der Waals surface area contributed by atoms with E-state index < -0.39 is 35.7 Å². The Morgan fingerprint density at radius 1 is 0.967 bits per heavy atom. The lowest BCUT2D eigenvalue weighted by Gasteiger charge is -2.26. The lowest BCUT2D eigenvalue weighted by molar-refractivity contribution is -0.158. The number of carbonyl (C=O) groups excluding carboxylic acids is 3. The van der Waals surface area contributed by atoms with Gasteiger partial charge in [-0.3, -0.25) is 9.59 Å². The van der Waals surface area contributed by atoms with Gasteiger partial charge in [-0.2, -0.15) is 0 Å². The number of nitrogens with two attached hydrogens (primary N) is 1. The minimum absolute atomic E-state index is 0.00136. The van der Waals surface area contributed by atoms with Crippen molar-refractivity contribution in [2.24, 2.45) is 5.73 Å². The third-order valence-corrected chi connectivity index (χ3v) is 3.85. The highest BCUT2D eigenvalue weighted by Crippen LogP contribution is 2.11. The van der Waals surface area contributed by atoms with Gasteiger partial charge in [0.15, 0.2) is 0 Å². The maximum absolute atomic E-state index is 12.8. The third-order valence-electron chi connectivity index (χ3n) is 3.85. The first-order valence-corrected chi connectivity index (χ1v) is 9.47. The molecule has 0 saturated heterocycles. The number of para-hydroxylation sites is 1. The van der Waals surface area contributed by atoms with Crippen LogP contribution >= 0.6 is 0 Å². The van der Waals surface area contributed by atoms with Crippen molar-refractivity contribution in [1.82, 2.24) is 5.32 Å². The Balaban J connectivity index is 2.09. The molecular formula is C22H27N3O5. The number of carbonyl (C=O) groups is 3. The predicted molar refractivity (Wildman–Crippen MR) is 112 cm³/mol. The number of amides is 2. The van der Waals surface area contributed by atoms with Gasteiger partial charge in [-0.15, -0.1) is 0 Å². The van der Waals surface area contributed by atoms with E-state index in [-0.39, 0.29) is 6.61 Å². The van der Waals surface area contributed by atoms with E-state index in [1.165, 1.54) is 0 Å². The summed E-state index contributed by atoms with van der Waals surface area (Å²) < 4.78 is 10.4. The van der Waals surface area contributed by atoms with Gasteiger partial charge in [0.2, 0.25) is 5.91 Å². The molecule has 8 heteroatoms. The largest absolute Gasteiger partial charge is 0.459 e. The summed E-state index contributed by atoms with van der Waals surface area (Å²) in [5.74, 6) is -1.49. The highest BCUT2D eigenvalue weighted by atomic mass is 16.6. The fourth-order valence-electron chi connectivity index (χ4n) is 2.46. The standard InChI is InChI=1S/C22H27N3O5/c1-22(2,3)30-20(27)17(23)18(19(26)24-16-12-8-5-9-13-16)25-21(28)29-14-15-10-6-4-7-11-15/h4-13,17-18H,14,23H2,1-3H3,(H,24,26)(H,25,28)/t17?,18-/m0/s1. The van der Waals surface area contributed by atoms with Crippen molar-refractivity contribution >= 4 is 23.7 Å². The van der Waals surface area contributed by atoms with Crippen LogP contribution in [0.4, 0.5) is 10.5 Å². The van der Waals surface area contributed by atoms with Crippen molar-refractivity contribution in [2.75, 3.05) is 5.32 Å². The fraction of sp³-hybridized carbons (Fsp3) is 0.318. The number of esters is 1. The molecule has 2 atom stereocenters. The van der Waals surface area contributed by atoms with E-state index in [0.717, 1.165) is 5.56 Å². The Hall–Kier alpha value is -3.39. The van der Waals surface area contributed by atoms with Gasteiger partial charge in [0.1, 0.15) is 24.3 Å². The number of anilines is 1. The number of hydrogen-bond acceptors (Lipinski definition) is 6. The lowest BCUT2D eigenvalue weighted by atomic mass is 10.1. The molecule has 0 fully saturated rings. The van der Waals surface area contributed by atoms with E-state index in [0.29, 0.717) is 5.69 Å². The van der Waals surface area contributed by atoms with Crippen molar-refractivity contribution in [3.63, 3.8) is 0 Å². The molecule has 8 nitrogen and oxygen atoms in total. The van der Waals surface area contributed by atoms with Crippen LogP contribution in [0.15, 0.2) is 60.7 Å². The second-order valence-corrected chi connectivity index (χ2v) is 7.60. The van der Waals surface area contributed by atoms with Crippen LogP contribution in [0.3, 0.4) is 0 Å². The van der Waals surface area contributed by atoms with Gasteiger partial charge in [0, 0.05) is 5.69 Å². The molecule has 0 heterocycles. The molecule has 0 aliphatic heterocycles. The summed E-state index contributed by atoms with van der Waals surface area (Å²) in [7, 11) is 0. The summed E-state index contributed by atoms with van der Waals surface area (Å²) >= 11 is 0. The summed E-state index contributed by atoms with van der Waals surface area (Å²) in [5.41, 5.74) is 6.43. The molecule has 1 unspecified atom stereocenters. The minimum Gasteiger partial charge on any atom is -0.459 e. The summed E-state index contributed by atoms with van der Waals surface area (Å²) in [6.45, 7) is 5.04. The van der Waals surface area contributed by atoms with Gasteiger partial charge in [-0.05, 0) is 38.5 Å². The first-order valence-electron chi connectivity index (χ1n) is 9.47. The molecule has 2 amide bonds. The Morgan fingerprint density at radius 2 is 1.53 bits per heavy atom. The van der Waals surface area contributed by atoms with Crippen LogP contribution in [0.1, 0.15) is 26.3 Å². The zero-order valence-corrected chi connectivity index (χ0v) is 17.3. The van der Waals surface area contributed by atoms with Crippen LogP contribution in [-0.2, 0) is 25.7 Å².